The zero-order valence-electron chi connectivity index (χ0n) is 11.7. The maximum atomic E-state index is 12.8. The van der Waals surface area contributed by atoms with Gasteiger partial charge in [0.25, 0.3) is 0 Å². The highest BCUT2D eigenvalue weighted by molar-refractivity contribution is 5.80. The number of guanidine groups is 1. The molecule has 2 rings (SSSR count). The predicted octanol–water partition coefficient (Wildman–Crippen LogP) is 1.75. The van der Waals surface area contributed by atoms with Gasteiger partial charge in [-0.2, -0.15) is 13.2 Å². The first-order chi connectivity index (χ1) is 9.30. The van der Waals surface area contributed by atoms with E-state index in [2.05, 4.69) is 10.3 Å². The Morgan fingerprint density at radius 2 is 2.20 bits per heavy atom. The van der Waals surface area contributed by atoms with E-state index in [1.165, 1.54) is 0 Å². The molecular weight excluding hydrogens is 271 g/mol. The second-order valence-corrected chi connectivity index (χ2v) is 5.89. The highest BCUT2D eigenvalue weighted by Crippen LogP contribution is 2.41. The second kappa shape index (κ2) is 5.79. The Hall–Kier alpha value is -0.980. The number of nitrogens with zero attached hydrogens (tertiary/aromatic N) is 2. The smallest absolute Gasteiger partial charge is 0.388 e. The van der Waals surface area contributed by atoms with Crippen LogP contribution in [0.4, 0.5) is 13.2 Å². The minimum absolute atomic E-state index is 0.118. The molecule has 0 aromatic rings. The summed E-state index contributed by atoms with van der Waals surface area (Å²) >= 11 is 0. The average Bonchev–Trinajstić information content (AvgIpc) is 2.37. The Labute approximate surface area is 117 Å². The van der Waals surface area contributed by atoms with Crippen LogP contribution in [0.1, 0.15) is 32.1 Å². The molecule has 1 heterocycles. The van der Waals surface area contributed by atoms with E-state index in [1.54, 1.807) is 0 Å². The Morgan fingerprint density at radius 3 is 2.85 bits per heavy atom. The third-order valence-electron chi connectivity index (χ3n) is 4.13. The molecule has 1 fully saturated rings. The third kappa shape index (κ3) is 3.77. The van der Waals surface area contributed by atoms with E-state index < -0.39 is 17.7 Å². The molecule has 0 bridgehead atoms. The van der Waals surface area contributed by atoms with Crippen LogP contribution in [0.25, 0.3) is 0 Å². The summed E-state index contributed by atoms with van der Waals surface area (Å²) < 4.78 is 38.3. The van der Waals surface area contributed by atoms with Crippen LogP contribution < -0.4 is 5.32 Å². The summed E-state index contributed by atoms with van der Waals surface area (Å²) in [6.45, 7) is 1.72. The molecule has 0 radical (unpaired) electrons. The highest BCUT2D eigenvalue weighted by atomic mass is 19.4. The molecule has 1 aliphatic carbocycles. The molecule has 0 amide bonds. The van der Waals surface area contributed by atoms with E-state index in [9.17, 15) is 18.3 Å². The quantitative estimate of drug-likeness (QED) is 0.815. The summed E-state index contributed by atoms with van der Waals surface area (Å²) in [5.74, 6) is -0.729. The van der Waals surface area contributed by atoms with Crippen molar-refractivity contribution in [3.8, 4) is 0 Å². The SMILES string of the molecule is CN1CCCN=C1NCC1(O)CCCC(C(F)(F)F)C1. The maximum absolute atomic E-state index is 12.8. The lowest BCUT2D eigenvalue weighted by atomic mass is 9.77. The van der Waals surface area contributed by atoms with Crippen molar-refractivity contribution in [3.63, 3.8) is 0 Å². The third-order valence-corrected chi connectivity index (χ3v) is 4.13. The monoisotopic (exact) mass is 293 g/mol. The summed E-state index contributed by atoms with van der Waals surface area (Å²) in [7, 11) is 1.88. The molecule has 4 nitrogen and oxygen atoms in total. The number of rotatable bonds is 2. The lowest BCUT2D eigenvalue weighted by molar-refractivity contribution is -0.199. The Balaban J connectivity index is 1.92. The van der Waals surface area contributed by atoms with Gasteiger partial charge in [0.2, 0.25) is 0 Å². The topological polar surface area (TPSA) is 47.9 Å². The van der Waals surface area contributed by atoms with Gasteiger partial charge in [0.15, 0.2) is 5.96 Å². The fourth-order valence-corrected chi connectivity index (χ4v) is 2.93. The summed E-state index contributed by atoms with van der Waals surface area (Å²) in [6, 6.07) is 0. The van der Waals surface area contributed by atoms with Crippen LogP contribution in [0.5, 0.6) is 0 Å². The van der Waals surface area contributed by atoms with Crippen molar-refractivity contribution in [2.45, 2.75) is 43.9 Å². The van der Waals surface area contributed by atoms with Crippen LogP contribution in [0.3, 0.4) is 0 Å². The summed E-state index contributed by atoms with van der Waals surface area (Å²) in [5.41, 5.74) is -1.29. The van der Waals surface area contributed by atoms with Gasteiger partial charge in [-0.25, -0.2) is 0 Å². The molecule has 0 saturated heterocycles. The zero-order chi connectivity index (χ0) is 14.8. The fraction of sp³-hybridized carbons (Fsp3) is 0.923. The molecule has 0 aromatic heterocycles. The van der Waals surface area contributed by atoms with E-state index >= 15 is 0 Å². The normalized spacial score (nSPS) is 31.9. The first-order valence-corrected chi connectivity index (χ1v) is 7.09. The number of alkyl halides is 3. The molecule has 1 aliphatic heterocycles. The van der Waals surface area contributed by atoms with Crippen LogP contribution in [-0.2, 0) is 0 Å². The van der Waals surface area contributed by atoms with Gasteiger partial charge in [0.1, 0.15) is 0 Å². The number of hydrogen-bond donors (Lipinski definition) is 2. The van der Waals surface area contributed by atoms with Crippen molar-refractivity contribution < 1.29 is 18.3 Å². The molecule has 2 N–H and O–H groups in total. The van der Waals surface area contributed by atoms with Crippen molar-refractivity contribution in [1.82, 2.24) is 10.2 Å². The van der Waals surface area contributed by atoms with Gasteiger partial charge in [-0.15, -0.1) is 0 Å². The van der Waals surface area contributed by atoms with Crippen LogP contribution in [0.2, 0.25) is 0 Å². The fourth-order valence-electron chi connectivity index (χ4n) is 2.93. The Bertz CT molecular complexity index is 372. The summed E-state index contributed by atoms with van der Waals surface area (Å²) in [5, 5.41) is 13.4. The molecule has 1 saturated carbocycles. The molecule has 7 heteroatoms. The van der Waals surface area contributed by atoms with E-state index in [4.69, 9.17) is 0 Å². The predicted molar refractivity (Wildman–Crippen MR) is 70.5 cm³/mol. The number of aliphatic hydroxyl groups is 1. The number of halogens is 3. The molecule has 116 valence electrons. The Morgan fingerprint density at radius 1 is 1.45 bits per heavy atom. The van der Waals surface area contributed by atoms with Gasteiger partial charge >= 0.3 is 6.18 Å². The van der Waals surface area contributed by atoms with Gasteiger partial charge < -0.3 is 15.3 Å². The van der Waals surface area contributed by atoms with E-state index in [0.717, 1.165) is 19.5 Å². The van der Waals surface area contributed by atoms with Crippen LogP contribution in [0.15, 0.2) is 4.99 Å². The van der Waals surface area contributed by atoms with Crippen molar-refractivity contribution >= 4 is 5.96 Å². The van der Waals surface area contributed by atoms with E-state index in [0.29, 0.717) is 18.8 Å². The largest absolute Gasteiger partial charge is 0.391 e. The van der Waals surface area contributed by atoms with Gasteiger partial charge in [-0.3, -0.25) is 4.99 Å². The van der Waals surface area contributed by atoms with Crippen molar-refractivity contribution in [2.24, 2.45) is 10.9 Å². The first-order valence-electron chi connectivity index (χ1n) is 7.09. The second-order valence-electron chi connectivity index (χ2n) is 5.89. The van der Waals surface area contributed by atoms with Gasteiger partial charge in [0, 0.05) is 26.7 Å². The molecule has 2 unspecified atom stereocenters. The van der Waals surface area contributed by atoms with Crippen LogP contribution in [-0.4, -0.2) is 54.4 Å². The van der Waals surface area contributed by atoms with Gasteiger partial charge in [-0.05, 0) is 32.1 Å². The standard InChI is InChI=1S/C13H22F3N3O/c1-19-7-3-6-17-11(19)18-9-12(20)5-2-4-10(8-12)13(14,15)16/h10,20H,2-9H2,1H3,(H,17,18). The van der Waals surface area contributed by atoms with Gasteiger partial charge in [-0.1, -0.05) is 0 Å². The van der Waals surface area contributed by atoms with Crippen molar-refractivity contribution in [2.75, 3.05) is 26.7 Å². The Kier molecular flexibility index (Phi) is 4.46. The highest BCUT2D eigenvalue weighted by Gasteiger charge is 2.46. The first kappa shape index (κ1) is 15.4. The van der Waals surface area contributed by atoms with E-state index in [-0.39, 0.29) is 19.4 Å². The minimum atomic E-state index is -4.21. The number of nitrogens with one attached hydrogen (secondary N) is 1. The molecule has 2 atom stereocenters. The molecule has 20 heavy (non-hydrogen) atoms. The van der Waals surface area contributed by atoms with Crippen LogP contribution in [0, 0.1) is 5.92 Å². The van der Waals surface area contributed by atoms with Gasteiger partial charge in [0.05, 0.1) is 11.5 Å². The number of hydrogen-bond acceptors (Lipinski definition) is 4. The maximum Gasteiger partial charge on any atom is 0.391 e. The summed E-state index contributed by atoms with van der Waals surface area (Å²) in [6.07, 6.45) is -2.53. The zero-order valence-corrected chi connectivity index (χ0v) is 11.7. The molecular formula is C13H22F3N3O. The minimum Gasteiger partial charge on any atom is -0.388 e. The molecule has 0 spiro atoms. The van der Waals surface area contributed by atoms with Crippen molar-refractivity contribution in [1.29, 1.82) is 0 Å². The lowest BCUT2D eigenvalue weighted by Gasteiger charge is -2.38. The lowest BCUT2D eigenvalue weighted by Crippen LogP contribution is -2.51. The number of aliphatic imine (C=N–C) groups is 1. The average molecular weight is 293 g/mol. The van der Waals surface area contributed by atoms with Crippen molar-refractivity contribution in [3.05, 3.63) is 0 Å². The van der Waals surface area contributed by atoms with E-state index in [1.807, 2.05) is 11.9 Å². The summed E-state index contributed by atoms with van der Waals surface area (Å²) in [4.78, 5) is 6.22. The van der Waals surface area contributed by atoms with Crippen LogP contribution >= 0.6 is 0 Å². The molecule has 0 aromatic carbocycles. The molecule has 2 aliphatic rings.